The van der Waals surface area contributed by atoms with Crippen molar-refractivity contribution in [2.75, 3.05) is 5.32 Å². The number of H-pyrrole nitrogens is 1. The van der Waals surface area contributed by atoms with Gasteiger partial charge in [-0.05, 0) is 30.5 Å². The summed E-state index contributed by atoms with van der Waals surface area (Å²) in [5.74, 6) is -0.968. The van der Waals surface area contributed by atoms with E-state index in [1.807, 2.05) is 0 Å². The van der Waals surface area contributed by atoms with Crippen molar-refractivity contribution in [3.05, 3.63) is 47.3 Å². The summed E-state index contributed by atoms with van der Waals surface area (Å²) in [5.41, 5.74) is 8.03. The lowest BCUT2D eigenvalue weighted by Crippen LogP contribution is -2.18. The summed E-state index contributed by atoms with van der Waals surface area (Å²) >= 11 is 0. The average Bonchev–Trinajstić information content (AvgIpc) is 3.07. The van der Waals surface area contributed by atoms with Crippen LogP contribution in [-0.4, -0.2) is 32.4 Å². The molecule has 0 atom stereocenters. The minimum atomic E-state index is -4.83. The number of hydrogen-bond acceptors (Lipinski definition) is 6. The lowest BCUT2D eigenvalue weighted by molar-refractivity contribution is -0.274. The molecule has 28 heavy (non-hydrogen) atoms. The number of halogens is 3. The topological polar surface area (TPSA) is 119 Å². The molecule has 0 bridgehead atoms. The predicted octanol–water partition coefficient (Wildman–Crippen LogP) is 2.71. The lowest BCUT2D eigenvalue weighted by atomic mass is 9.93. The number of carbonyl (C=O) groups is 1. The molecule has 1 aliphatic rings. The van der Waals surface area contributed by atoms with E-state index < -0.39 is 18.0 Å². The zero-order valence-electron chi connectivity index (χ0n) is 14.2. The van der Waals surface area contributed by atoms with Crippen LogP contribution in [0.5, 0.6) is 5.75 Å². The summed E-state index contributed by atoms with van der Waals surface area (Å²) in [5, 5.41) is 9.46. The largest absolute Gasteiger partial charge is 0.573 e. The van der Waals surface area contributed by atoms with E-state index >= 15 is 0 Å². The fourth-order valence-electron chi connectivity index (χ4n) is 3.03. The van der Waals surface area contributed by atoms with E-state index in [2.05, 4.69) is 30.2 Å². The van der Waals surface area contributed by atoms with Gasteiger partial charge in [0, 0.05) is 11.8 Å². The van der Waals surface area contributed by atoms with E-state index in [1.165, 1.54) is 18.2 Å². The number of nitrogens with zero attached hydrogens (tertiary/aromatic N) is 3. The number of fused-ring (bicyclic) bond motifs is 3. The molecule has 0 unspecified atom stereocenters. The molecular weight excluding hydrogens is 377 g/mol. The second-order valence-electron chi connectivity index (χ2n) is 6.03. The Bertz CT molecular complexity index is 1060. The van der Waals surface area contributed by atoms with E-state index in [-0.39, 0.29) is 17.3 Å². The van der Waals surface area contributed by atoms with Crippen LogP contribution in [0.25, 0.3) is 11.4 Å². The molecule has 1 aromatic carbocycles. The van der Waals surface area contributed by atoms with Crippen molar-refractivity contribution in [2.24, 2.45) is 5.73 Å². The van der Waals surface area contributed by atoms with Crippen molar-refractivity contribution in [3.8, 4) is 17.1 Å². The second kappa shape index (κ2) is 6.51. The van der Waals surface area contributed by atoms with Crippen molar-refractivity contribution < 1.29 is 22.7 Å². The maximum atomic E-state index is 12.6. The van der Waals surface area contributed by atoms with Crippen molar-refractivity contribution in [3.63, 3.8) is 0 Å². The average molecular weight is 390 g/mol. The number of aromatic amines is 1. The zero-order chi connectivity index (χ0) is 19.9. The van der Waals surface area contributed by atoms with Crippen molar-refractivity contribution >= 4 is 17.5 Å². The van der Waals surface area contributed by atoms with Crippen molar-refractivity contribution in [2.45, 2.75) is 19.2 Å². The number of amides is 1. The monoisotopic (exact) mass is 390 g/mol. The van der Waals surface area contributed by atoms with Gasteiger partial charge in [0.2, 0.25) is 5.95 Å². The Hall–Kier alpha value is -3.63. The molecule has 8 nitrogen and oxygen atoms in total. The number of ether oxygens (including phenoxy) is 1. The maximum Gasteiger partial charge on any atom is 0.573 e. The first kappa shape index (κ1) is 17.8. The number of aryl methyl sites for hydroxylation is 1. The molecule has 1 amide bonds. The smallest absolute Gasteiger partial charge is 0.404 e. The highest BCUT2D eigenvalue weighted by Gasteiger charge is 2.32. The molecule has 4 rings (SSSR count). The van der Waals surface area contributed by atoms with Crippen LogP contribution in [-0.2, 0) is 12.8 Å². The maximum absolute atomic E-state index is 12.6. The Morgan fingerprint density at radius 2 is 2.00 bits per heavy atom. The third kappa shape index (κ3) is 3.33. The van der Waals surface area contributed by atoms with Crippen molar-refractivity contribution in [1.82, 2.24) is 20.2 Å². The summed E-state index contributed by atoms with van der Waals surface area (Å²) in [6.45, 7) is 0. The summed E-state index contributed by atoms with van der Waals surface area (Å²) in [7, 11) is 0. The number of nitrogens with two attached hydrogens (primary N) is 1. The Morgan fingerprint density at radius 1 is 1.21 bits per heavy atom. The van der Waals surface area contributed by atoms with E-state index in [4.69, 9.17) is 5.73 Å². The minimum absolute atomic E-state index is 0.0515. The molecule has 144 valence electrons. The first-order valence-electron chi connectivity index (χ1n) is 8.17. The van der Waals surface area contributed by atoms with Gasteiger partial charge in [-0.2, -0.15) is 5.10 Å². The molecule has 0 radical (unpaired) electrons. The Balaban J connectivity index is 1.69. The molecule has 2 aromatic heterocycles. The number of rotatable bonds is 4. The van der Waals surface area contributed by atoms with Crippen LogP contribution >= 0.6 is 0 Å². The second-order valence-corrected chi connectivity index (χ2v) is 6.03. The van der Waals surface area contributed by atoms with Gasteiger partial charge in [-0.25, -0.2) is 9.97 Å². The molecule has 11 heteroatoms. The van der Waals surface area contributed by atoms with E-state index in [9.17, 15) is 18.0 Å². The predicted molar refractivity (Wildman–Crippen MR) is 91.9 cm³/mol. The van der Waals surface area contributed by atoms with Gasteiger partial charge in [-0.15, -0.1) is 13.2 Å². The fraction of sp³-hybridized carbons (Fsp3) is 0.176. The molecule has 4 N–H and O–H groups in total. The third-order valence-electron chi connectivity index (χ3n) is 4.21. The Morgan fingerprint density at radius 3 is 2.75 bits per heavy atom. The number of anilines is 2. The van der Waals surface area contributed by atoms with Gasteiger partial charge >= 0.3 is 6.36 Å². The normalized spacial score (nSPS) is 12.8. The number of primary amides is 1. The summed E-state index contributed by atoms with van der Waals surface area (Å²) in [4.78, 5) is 20.0. The van der Waals surface area contributed by atoms with Gasteiger partial charge in [0.15, 0.2) is 5.75 Å². The summed E-state index contributed by atoms with van der Waals surface area (Å²) < 4.78 is 41.8. The van der Waals surface area contributed by atoms with Crippen LogP contribution in [0.1, 0.15) is 21.6 Å². The van der Waals surface area contributed by atoms with Crippen LogP contribution in [0.2, 0.25) is 0 Å². The van der Waals surface area contributed by atoms with E-state index in [1.54, 1.807) is 12.3 Å². The van der Waals surface area contributed by atoms with Gasteiger partial charge < -0.3 is 15.8 Å². The highest BCUT2D eigenvalue weighted by atomic mass is 19.4. The third-order valence-corrected chi connectivity index (χ3v) is 4.21. The van der Waals surface area contributed by atoms with Crippen LogP contribution in [0.15, 0.2) is 30.5 Å². The van der Waals surface area contributed by atoms with Crippen LogP contribution in [0, 0.1) is 0 Å². The summed E-state index contributed by atoms with van der Waals surface area (Å²) in [6, 6.07) is 5.56. The highest BCUT2D eigenvalue weighted by molar-refractivity contribution is 5.94. The molecule has 0 aliphatic heterocycles. The number of carbonyl (C=O) groups excluding carboxylic acids is 1. The molecule has 1 aliphatic carbocycles. The number of aromatic nitrogens is 4. The number of nitrogens with one attached hydrogen (secondary N) is 2. The fourth-order valence-corrected chi connectivity index (χ4v) is 3.03. The molecule has 0 fully saturated rings. The SMILES string of the molecule is NC(=O)c1[nH]nc2c1CCc1cnc(Nc3ccccc3OC(F)(F)F)nc1-2. The lowest BCUT2D eigenvalue weighted by Gasteiger charge is -2.17. The Labute approximate surface area is 155 Å². The van der Waals surface area contributed by atoms with Gasteiger partial charge in [-0.3, -0.25) is 9.89 Å². The number of hydrogen-bond donors (Lipinski definition) is 3. The van der Waals surface area contributed by atoms with Gasteiger partial charge in [-0.1, -0.05) is 12.1 Å². The number of alkyl halides is 3. The Kier molecular flexibility index (Phi) is 4.13. The van der Waals surface area contributed by atoms with Crippen LogP contribution in [0.3, 0.4) is 0 Å². The molecule has 0 spiro atoms. The van der Waals surface area contributed by atoms with Crippen LogP contribution in [0.4, 0.5) is 24.8 Å². The molecule has 2 heterocycles. The quantitative estimate of drug-likeness (QED) is 0.630. The first-order valence-corrected chi connectivity index (χ1v) is 8.17. The van der Waals surface area contributed by atoms with Crippen LogP contribution < -0.4 is 15.8 Å². The standard InChI is InChI=1S/C17H13F3N6O2/c18-17(19,20)28-11-4-2-1-3-10(11)23-16-22-7-8-5-6-9-13(12(8)24-16)25-26-14(9)15(21)27/h1-4,7H,5-6H2,(H2,21,27)(H,25,26)(H,22,23,24). The van der Waals surface area contributed by atoms with E-state index in [0.717, 1.165) is 5.56 Å². The number of para-hydroxylation sites is 2. The highest BCUT2D eigenvalue weighted by Crippen LogP contribution is 2.34. The minimum Gasteiger partial charge on any atom is -0.404 e. The van der Waals surface area contributed by atoms with Gasteiger partial charge in [0.05, 0.1) is 11.4 Å². The summed E-state index contributed by atoms with van der Waals surface area (Å²) in [6.07, 6.45) is -2.13. The number of benzene rings is 1. The molecule has 0 saturated heterocycles. The van der Waals surface area contributed by atoms with Crippen molar-refractivity contribution in [1.29, 1.82) is 0 Å². The zero-order valence-corrected chi connectivity index (χ0v) is 14.2. The van der Waals surface area contributed by atoms with Gasteiger partial charge in [0.25, 0.3) is 5.91 Å². The first-order chi connectivity index (χ1) is 13.3. The molecule has 3 aromatic rings. The van der Waals surface area contributed by atoms with E-state index in [0.29, 0.717) is 29.8 Å². The molecule has 0 saturated carbocycles. The molecular formula is C17H13F3N6O2. The van der Waals surface area contributed by atoms with Gasteiger partial charge in [0.1, 0.15) is 11.4 Å².